The van der Waals surface area contributed by atoms with Crippen LogP contribution in [0.5, 0.6) is 0 Å². The third-order valence-electron chi connectivity index (χ3n) is 3.01. The van der Waals surface area contributed by atoms with Crippen molar-refractivity contribution in [2.45, 2.75) is 26.1 Å². The second kappa shape index (κ2) is 5.28. The van der Waals surface area contributed by atoms with Gasteiger partial charge in [0.15, 0.2) is 0 Å². The summed E-state index contributed by atoms with van der Waals surface area (Å²) in [6.45, 7) is 5.77. The quantitative estimate of drug-likeness (QED) is 0.651. The molecule has 1 aromatic rings. The Balaban J connectivity index is 2.36. The van der Waals surface area contributed by atoms with E-state index in [9.17, 15) is 0 Å². The number of nitrogens with zero attached hydrogens (tertiary/aromatic N) is 1. The summed E-state index contributed by atoms with van der Waals surface area (Å²) in [4.78, 5) is 2.24. The molecule has 98 valence electrons. The molecule has 5 heteroatoms. The number of benzene rings is 1. The second-order valence-corrected chi connectivity index (χ2v) is 5.65. The minimum Gasteiger partial charge on any atom is -0.384 e. The van der Waals surface area contributed by atoms with Crippen LogP contribution in [0.25, 0.3) is 0 Å². The molecule has 3 N–H and O–H groups in total. The maximum absolute atomic E-state index is 7.67. The van der Waals surface area contributed by atoms with Crippen molar-refractivity contribution in [3.05, 3.63) is 28.2 Å². The summed E-state index contributed by atoms with van der Waals surface area (Å²) < 4.78 is 6.72. The average Bonchev–Trinajstić information content (AvgIpc) is 2.27. The van der Waals surface area contributed by atoms with E-state index < -0.39 is 0 Å². The Kier molecular flexibility index (Phi) is 3.92. The van der Waals surface area contributed by atoms with Crippen molar-refractivity contribution in [3.8, 4) is 0 Å². The number of nitrogens with one attached hydrogen (secondary N) is 1. The highest BCUT2D eigenvalue weighted by Crippen LogP contribution is 2.27. The van der Waals surface area contributed by atoms with E-state index in [-0.39, 0.29) is 18.0 Å². The highest BCUT2D eigenvalue weighted by atomic mass is 79.9. The summed E-state index contributed by atoms with van der Waals surface area (Å²) >= 11 is 3.47. The van der Waals surface area contributed by atoms with E-state index in [0.717, 1.165) is 28.8 Å². The zero-order chi connectivity index (χ0) is 13.3. The number of nitrogen functional groups attached to an aromatic ring is 1. The van der Waals surface area contributed by atoms with E-state index in [1.165, 1.54) is 0 Å². The molecule has 0 spiro atoms. The first kappa shape index (κ1) is 13.4. The van der Waals surface area contributed by atoms with Crippen LogP contribution >= 0.6 is 15.9 Å². The molecule has 1 aliphatic rings. The molecule has 0 bridgehead atoms. The third-order valence-corrected chi connectivity index (χ3v) is 3.50. The summed E-state index contributed by atoms with van der Waals surface area (Å²) in [5.74, 6) is 0.101. The lowest BCUT2D eigenvalue weighted by Crippen LogP contribution is -2.46. The minimum atomic E-state index is 0.101. The Morgan fingerprint density at radius 1 is 1.39 bits per heavy atom. The van der Waals surface area contributed by atoms with Gasteiger partial charge in [0, 0.05) is 28.8 Å². The van der Waals surface area contributed by atoms with Gasteiger partial charge in [0.05, 0.1) is 12.2 Å². The molecule has 1 saturated heterocycles. The van der Waals surface area contributed by atoms with Crippen molar-refractivity contribution in [2.24, 2.45) is 5.73 Å². The van der Waals surface area contributed by atoms with Gasteiger partial charge < -0.3 is 15.4 Å². The molecule has 1 aromatic carbocycles. The van der Waals surface area contributed by atoms with Gasteiger partial charge in [-0.3, -0.25) is 5.41 Å². The Hall–Kier alpha value is -1.07. The van der Waals surface area contributed by atoms with Gasteiger partial charge in [-0.25, -0.2) is 0 Å². The van der Waals surface area contributed by atoms with Gasteiger partial charge in [0.2, 0.25) is 0 Å². The maximum Gasteiger partial charge on any atom is 0.124 e. The molecule has 1 aliphatic heterocycles. The monoisotopic (exact) mass is 311 g/mol. The van der Waals surface area contributed by atoms with Crippen LogP contribution in [0.3, 0.4) is 0 Å². The number of anilines is 1. The number of hydrogen-bond acceptors (Lipinski definition) is 3. The summed E-state index contributed by atoms with van der Waals surface area (Å²) in [6.07, 6.45) is 0.375. The molecule has 0 aliphatic carbocycles. The predicted molar refractivity (Wildman–Crippen MR) is 77.4 cm³/mol. The van der Waals surface area contributed by atoms with Crippen LogP contribution in [0.2, 0.25) is 0 Å². The number of hydrogen-bond donors (Lipinski definition) is 2. The summed E-state index contributed by atoms with van der Waals surface area (Å²) in [7, 11) is 0. The minimum absolute atomic E-state index is 0.101. The first-order valence-corrected chi connectivity index (χ1v) is 6.81. The van der Waals surface area contributed by atoms with E-state index in [1.54, 1.807) is 0 Å². The van der Waals surface area contributed by atoms with Gasteiger partial charge in [-0.15, -0.1) is 0 Å². The molecule has 0 saturated carbocycles. The van der Waals surface area contributed by atoms with Crippen LogP contribution < -0.4 is 10.6 Å². The number of amidine groups is 1. The number of nitrogens with two attached hydrogens (primary N) is 1. The Morgan fingerprint density at radius 2 is 2.00 bits per heavy atom. The van der Waals surface area contributed by atoms with Crippen molar-refractivity contribution in [2.75, 3.05) is 18.0 Å². The predicted octanol–water partition coefficient (Wildman–Crippen LogP) is 2.35. The molecule has 1 heterocycles. The largest absolute Gasteiger partial charge is 0.384 e. The molecule has 1 fully saturated rings. The van der Waals surface area contributed by atoms with Gasteiger partial charge in [0.1, 0.15) is 5.84 Å². The van der Waals surface area contributed by atoms with Crippen LogP contribution in [0.1, 0.15) is 19.4 Å². The highest BCUT2D eigenvalue weighted by Gasteiger charge is 2.24. The molecular formula is C13H18BrN3O. The molecular weight excluding hydrogens is 294 g/mol. The highest BCUT2D eigenvalue weighted by molar-refractivity contribution is 9.10. The van der Waals surface area contributed by atoms with Gasteiger partial charge in [0.25, 0.3) is 0 Å². The second-order valence-electron chi connectivity index (χ2n) is 4.74. The summed E-state index contributed by atoms with van der Waals surface area (Å²) in [6, 6.07) is 5.81. The van der Waals surface area contributed by atoms with Crippen molar-refractivity contribution in [1.82, 2.24) is 0 Å². The molecule has 18 heavy (non-hydrogen) atoms. The molecule has 0 radical (unpaired) electrons. The molecule has 2 unspecified atom stereocenters. The zero-order valence-corrected chi connectivity index (χ0v) is 12.2. The van der Waals surface area contributed by atoms with E-state index in [0.29, 0.717) is 0 Å². The maximum atomic E-state index is 7.67. The number of morpholine rings is 1. The SMILES string of the molecule is CC1CN(c2cc(Br)ccc2C(=N)N)CC(C)O1. The fourth-order valence-corrected chi connectivity index (χ4v) is 2.72. The fourth-order valence-electron chi connectivity index (χ4n) is 2.37. The van der Waals surface area contributed by atoms with E-state index in [2.05, 4.69) is 34.7 Å². The van der Waals surface area contributed by atoms with Crippen LogP contribution in [0.15, 0.2) is 22.7 Å². The Morgan fingerprint density at radius 3 is 2.56 bits per heavy atom. The lowest BCUT2D eigenvalue weighted by molar-refractivity contribution is -0.00522. The van der Waals surface area contributed by atoms with Crippen molar-refractivity contribution >= 4 is 27.5 Å². The van der Waals surface area contributed by atoms with Gasteiger partial charge in [-0.2, -0.15) is 0 Å². The van der Waals surface area contributed by atoms with Crippen molar-refractivity contribution in [3.63, 3.8) is 0 Å². The molecule has 2 rings (SSSR count). The van der Waals surface area contributed by atoms with Gasteiger partial charge in [-0.05, 0) is 32.0 Å². The Bertz CT molecular complexity index is 454. The molecule has 0 aromatic heterocycles. The first-order valence-electron chi connectivity index (χ1n) is 6.01. The van der Waals surface area contributed by atoms with Crippen LogP contribution in [-0.4, -0.2) is 31.1 Å². The molecule has 0 amide bonds. The smallest absolute Gasteiger partial charge is 0.124 e. The lowest BCUT2D eigenvalue weighted by Gasteiger charge is -2.37. The summed E-state index contributed by atoms with van der Waals surface area (Å²) in [5, 5.41) is 7.67. The summed E-state index contributed by atoms with van der Waals surface area (Å²) in [5.41, 5.74) is 7.43. The van der Waals surface area contributed by atoms with Crippen molar-refractivity contribution < 1.29 is 4.74 Å². The van der Waals surface area contributed by atoms with Crippen molar-refractivity contribution in [1.29, 1.82) is 5.41 Å². The van der Waals surface area contributed by atoms with E-state index in [4.69, 9.17) is 15.9 Å². The Labute approximate surface area is 116 Å². The number of ether oxygens (including phenoxy) is 1. The molecule has 4 nitrogen and oxygen atoms in total. The number of rotatable bonds is 2. The fraction of sp³-hybridized carbons (Fsp3) is 0.462. The van der Waals surface area contributed by atoms with E-state index in [1.807, 2.05) is 18.2 Å². The molecule has 2 atom stereocenters. The van der Waals surface area contributed by atoms with Gasteiger partial charge in [-0.1, -0.05) is 15.9 Å². The first-order chi connectivity index (χ1) is 8.47. The van der Waals surface area contributed by atoms with Crippen LogP contribution in [0.4, 0.5) is 5.69 Å². The lowest BCUT2D eigenvalue weighted by atomic mass is 10.1. The standard InChI is InChI=1S/C13H18BrN3O/c1-8-6-17(7-9(2)18-8)12-5-10(14)3-4-11(12)13(15)16/h3-5,8-9H,6-7H2,1-2H3,(H3,15,16). The van der Waals surface area contributed by atoms with Crippen LogP contribution in [-0.2, 0) is 4.74 Å². The average molecular weight is 312 g/mol. The normalized spacial score (nSPS) is 24.1. The van der Waals surface area contributed by atoms with Gasteiger partial charge >= 0.3 is 0 Å². The number of halogens is 1. The van der Waals surface area contributed by atoms with Crippen LogP contribution in [0, 0.1) is 5.41 Å². The zero-order valence-electron chi connectivity index (χ0n) is 10.6. The van der Waals surface area contributed by atoms with E-state index >= 15 is 0 Å². The third kappa shape index (κ3) is 2.84. The topological polar surface area (TPSA) is 62.3 Å².